The molecule has 3 heterocycles. The number of nitrogens with one attached hydrogen (secondary N) is 1. The van der Waals surface area contributed by atoms with E-state index in [2.05, 4.69) is 36.5 Å². The molecular weight excluding hydrogens is 314 g/mol. The number of ether oxygens (including phenoxy) is 2. The molecule has 2 aromatic carbocycles. The van der Waals surface area contributed by atoms with Crippen LogP contribution in [0.25, 0.3) is 16.9 Å². The number of rotatable bonds is 2. The molecule has 0 bridgehead atoms. The van der Waals surface area contributed by atoms with Crippen LogP contribution in [0.15, 0.2) is 42.5 Å². The van der Waals surface area contributed by atoms with Crippen molar-refractivity contribution in [3.05, 3.63) is 53.6 Å². The van der Waals surface area contributed by atoms with Gasteiger partial charge < -0.3 is 14.8 Å². The van der Waals surface area contributed by atoms with Gasteiger partial charge in [0, 0.05) is 23.7 Å². The number of nitrogens with zero attached hydrogens (tertiary/aromatic N) is 2. The van der Waals surface area contributed by atoms with Gasteiger partial charge in [0.05, 0.1) is 11.4 Å². The van der Waals surface area contributed by atoms with E-state index in [9.17, 15) is 0 Å². The van der Waals surface area contributed by atoms with Gasteiger partial charge in [-0.05, 0) is 31.0 Å². The standard InChI is InChI=1S/C20H19N3O2/c1-13-4-2-3-5-15(13)19-16-8-9-21-20(16)23(22-19)14-6-7-17-18(12-14)25-11-10-24-17/h2-7,12,21H,8-11H2,1H3. The first kappa shape index (κ1) is 14.4. The number of aryl methyl sites for hydroxylation is 1. The third-order valence-electron chi connectivity index (χ3n) is 4.82. The molecule has 1 aromatic heterocycles. The Hall–Kier alpha value is -2.95. The number of hydrogen-bond acceptors (Lipinski definition) is 4. The van der Waals surface area contributed by atoms with Gasteiger partial charge in [-0.3, -0.25) is 0 Å². The number of fused-ring (bicyclic) bond motifs is 2. The predicted octanol–water partition coefficient (Wildman–Crippen LogP) is 3.59. The molecule has 0 atom stereocenters. The first-order valence-corrected chi connectivity index (χ1v) is 8.63. The molecule has 0 fully saturated rings. The van der Waals surface area contributed by atoms with Crippen LogP contribution in [0.2, 0.25) is 0 Å². The maximum atomic E-state index is 5.73. The van der Waals surface area contributed by atoms with E-state index in [4.69, 9.17) is 14.6 Å². The van der Waals surface area contributed by atoms with E-state index < -0.39 is 0 Å². The molecule has 5 rings (SSSR count). The highest BCUT2D eigenvalue weighted by molar-refractivity contribution is 5.75. The first-order chi connectivity index (χ1) is 12.3. The molecule has 0 saturated carbocycles. The Morgan fingerprint density at radius 3 is 2.76 bits per heavy atom. The van der Waals surface area contributed by atoms with Gasteiger partial charge in [-0.25, -0.2) is 4.68 Å². The fraction of sp³-hybridized carbons (Fsp3) is 0.250. The van der Waals surface area contributed by atoms with Crippen LogP contribution in [0.1, 0.15) is 11.1 Å². The third-order valence-corrected chi connectivity index (χ3v) is 4.82. The summed E-state index contributed by atoms with van der Waals surface area (Å²) >= 11 is 0. The average molecular weight is 333 g/mol. The summed E-state index contributed by atoms with van der Waals surface area (Å²) in [5, 5.41) is 8.43. The quantitative estimate of drug-likeness (QED) is 0.779. The second kappa shape index (κ2) is 5.55. The highest BCUT2D eigenvalue weighted by atomic mass is 16.6. The molecular formula is C20H19N3O2. The summed E-state index contributed by atoms with van der Waals surface area (Å²) in [6.07, 6.45) is 0.990. The lowest BCUT2D eigenvalue weighted by molar-refractivity contribution is 0.171. The molecule has 0 spiro atoms. The van der Waals surface area contributed by atoms with Gasteiger partial charge in [0.2, 0.25) is 0 Å². The Balaban J connectivity index is 1.66. The largest absolute Gasteiger partial charge is 0.486 e. The Kier molecular flexibility index (Phi) is 3.20. The molecule has 5 heteroatoms. The van der Waals surface area contributed by atoms with Crippen molar-refractivity contribution in [2.45, 2.75) is 13.3 Å². The third kappa shape index (κ3) is 2.27. The van der Waals surface area contributed by atoms with E-state index in [1.165, 1.54) is 16.7 Å². The van der Waals surface area contributed by atoms with Crippen LogP contribution in [0.5, 0.6) is 11.5 Å². The number of benzene rings is 2. The summed E-state index contributed by atoms with van der Waals surface area (Å²) < 4.78 is 13.3. The summed E-state index contributed by atoms with van der Waals surface area (Å²) in [5.41, 5.74) is 5.76. The smallest absolute Gasteiger partial charge is 0.163 e. The van der Waals surface area contributed by atoms with Crippen molar-refractivity contribution in [1.29, 1.82) is 0 Å². The Labute approximate surface area is 146 Å². The lowest BCUT2D eigenvalue weighted by Gasteiger charge is -2.19. The van der Waals surface area contributed by atoms with E-state index in [-0.39, 0.29) is 0 Å². The Morgan fingerprint density at radius 1 is 1.04 bits per heavy atom. The molecule has 2 aliphatic rings. The van der Waals surface area contributed by atoms with Crippen LogP contribution in [-0.4, -0.2) is 29.5 Å². The highest BCUT2D eigenvalue weighted by Gasteiger charge is 2.25. The lowest BCUT2D eigenvalue weighted by Crippen LogP contribution is -2.15. The molecule has 1 N–H and O–H groups in total. The van der Waals surface area contributed by atoms with Crippen LogP contribution >= 0.6 is 0 Å². The number of anilines is 1. The van der Waals surface area contributed by atoms with E-state index in [0.717, 1.165) is 41.7 Å². The van der Waals surface area contributed by atoms with E-state index in [1.807, 2.05) is 22.9 Å². The topological polar surface area (TPSA) is 48.3 Å². The Morgan fingerprint density at radius 2 is 1.88 bits per heavy atom. The van der Waals surface area contributed by atoms with Crippen molar-refractivity contribution in [3.8, 4) is 28.4 Å². The molecule has 25 heavy (non-hydrogen) atoms. The van der Waals surface area contributed by atoms with Gasteiger partial charge in [0.1, 0.15) is 19.0 Å². The highest BCUT2D eigenvalue weighted by Crippen LogP contribution is 2.38. The van der Waals surface area contributed by atoms with Crippen molar-refractivity contribution in [1.82, 2.24) is 9.78 Å². The number of hydrogen-bond donors (Lipinski definition) is 1. The minimum Gasteiger partial charge on any atom is -0.486 e. The summed E-state index contributed by atoms with van der Waals surface area (Å²) in [4.78, 5) is 0. The maximum absolute atomic E-state index is 5.73. The Bertz CT molecular complexity index is 962. The minimum absolute atomic E-state index is 0.584. The van der Waals surface area contributed by atoms with E-state index in [0.29, 0.717) is 13.2 Å². The van der Waals surface area contributed by atoms with Gasteiger partial charge in [-0.1, -0.05) is 24.3 Å². The average Bonchev–Trinajstić information content (AvgIpc) is 3.25. The zero-order valence-electron chi connectivity index (χ0n) is 14.1. The molecule has 5 nitrogen and oxygen atoms in total. The maximum Gasteiger partial charge on any atom is 0.163 e. The van der Waals surface area contributed by atoms with Crippen molar-refractivity contribution >= 4 is 5.82 Å². The SMILES string of the molecule is Cc1ccccc1-c1nn(-c2ccc3c(c2)OCCO3)c2c1CCN2. The number of aromatic nitrogens is 2. The summed E-state index contributed by atoms with van der Waals surface area (Å²) in [6, 6.07) is 14.4. The van der Waals surface area contributed by atoms with Crippen molar-refractivity contribution in [2.24, 2.45) is 0 Å². The minimum atomic E-state index is 0.584. The first-order valence-electron chi connectivity index (χ1n) is 8.63. The van der Waals surface area contributed by atoms with Crippen molar-refractivity contribution in [2.75, 3.05) is 25.1 Å². The molecule has 3 aromatic rings. The monoisotopic (exact) mass is 333 g/mol. The van der Waals surface area contributed by atoms with E-state index >= 15 is 0 Å². The van der Waals surface area contributed by atoms with Gasteiger partial charge in [-0.15, -0.1) is 0 Å². The normalized spacial score (nSPS) is 14.9. The molecule has 0 unspecified atom stereocenters. The van der Waals surface area contributed by atoms with Gasteiger partial charge in [0.25, 0.3) is 0 Å². The van der Waals surface area contributed by atoms with Crippen molar-refractivity contribution < 1.29 is 9.47 Å². The van der Waals surface area contributed by atoms with Crippen LogP contribution in [0.4, 0.5) is 5.82 Å². The predicted molar refractivity (Wildman–Crippen MR) is 96.9 cm³/mol. The molecule has 0 saturated heterocycles. The molecule has 126 valence electrons. The lowest BCUT2D eigenvalue weighted by atomic mass is 10.0. The fourth-order valence-corrected chi connectivity index (χ4v) is 3.58. The second-order valence-electron chi connectivity index (χ2n) is 6.41. The van der Waals surface area contributed by atoms with Crippen LogP contribution in [0.3, 0.4) is 0 Å². The summed E-state index contributed by atoms with van der Waals surface area (Å²) in [6.45, 7) is 4.26. The van der Waals surface area contributed by atoms with Crippen LogP contribution in [0, 0.1) is 6.92 Å². The molecule has 2 aliphatic heterocycles. The molecule has 0 aliphatic carbocycles. The fourth-order valence-electron chi connectivity index (χ4n) is 3.58. The summed E-state index contributed by atoms with van der Waals surface area (Å²) in [7, 11) is 0. The second-order valence-corrected chi connectivity index (χ2v) is 6.41. The van der Waals surface area contributed by atoms with Crippen molar-refractivity contribution in [3.63, 3.8) is 0 Å². The molecule has 0 radical (unpaired) electrons. The van der Waals surface area contributed by atoms with Crippen LogP contribution < -0.4 is 14.8 Å². The van der Waals surface area contributed by atoms with Crippen LogP contribution in [-0.2, 0) is 6.42 Å². The van der Waals surface area contributed by atoms with E-state index in [1.54, 1.807) is 0 Å². The van der Waals surface area contributed by atoms with Gasteiger partial charge >= 0.3 is 0 Å². The van der Waals surface area contributed by atoms with Gasteiger partial charge in [0.15, 0.2) is 11.5 Å². The zero-order chi connectivity index (χ0) is 16.8. The zero-order valence-corrected chi connectivity index (χ0v) is 14.1. The van der Waals surface area contributed by atoms with Gasteiger partial charge in [-0.2, -0.15) is 5.10 Å². The molecule has 0 amide bonds. The summed E-state index contributed by atoms with van der Waals surface area (Å²) in [5.74, 6) is 2.66.